The molecule has 0 saturated carbocycles. The first-order valence-corrected chi connectivity index (χ1v) is 9.30. The maximum atomic E-state index is 13.5. The number of aromatic nitrogens is 2. The number of carbonyl (C=O) groups excluding carboxylic acids is 2. The summed E-state index contributed by atoms with van der Waals surface area (Å²) in [7, 11) is 1.49. The molecule has 31 heavy (non-hydrogen) atoms. The monoisotopic (exact) mass is 430 g/mol. The van der Waals surface area contributed by atoms with Gasteiger partial charge in [0.05, 0.1) is 18.7 Å². The molecule has 160 valence electrons. The first kappa shape index (κ1) is 20.6. The molecule has 10 heteroatoms. The van der Waals surface area contributed by atoms with E-state index < -0.39 is 35.3 Å². The summed E-state index contributed by atoms with van der Waals surface area (Å²) in [6.07, 6.45) is -0.243. The van der Waals surface area contributed by atoms with Gasteiger partial charge in [-0.2, -0.15) is 5.10 Å². The van der Waals surface area contributed by atoms with Gasteiger partial charge in [-0.15, -0.1) is 0 Å². The van der Waals surface area contributed by atoms with Crippen LogP contribution in [0.4, 0.5) is 24.7 Å². The summed E-state index contributed by atoms with van der Waals surface area (Å²) in [6.45, 7) is 0.128. The lowest BCUT2D eigenvalue weighted by Gasteiger charge is -2.24. The molecule has 1 aliphatic rings. The standard InChI is InChI=1S/C21H17F3N4O3/c1-31-10-15-18(11-5-3-2-4-6-11)20-26-17(29)9-16(28(20)27-15)21(30)25-12-7-13(22)19(24)14(23)8-12/h2-8,16H,9-10H2,1H3,(H,25,30)(H,26,29). The maximum absolute atomic E-state index is 13.5. The van der Waals surface area contributed by atoms with E-state index >= 15 is 0 Å². The summed E-state index contributed by atoms with van der Waals surface area (Å²) in [6, 6.07) is 9.38. The first-order chi connectivity index (χ1) is 14.9. The largest absolute Gasteiger partial charge is 0.378 e. The molecule has 3 aromatic rings. The van der Waals surface area contributed by atoms with Crippen molar-refractivity contribution in [3.8, 4) is 11.1 Å². The van der Waals surface area contributed by atoms with Crippen LogP contribution in [0.5, 0.6) is 0 Å². The fraction of sp³-hybridized carbons (Fsp3) is 0.190. The highest BCUT2D eigenvalue weighted by Crippen LogP contribution is 2.37. The molecule has 0 bridgehead atoms. The number of nitrogens with one attached hydrogen (secondary N) is 2. The van der Waals surface area contributed by atoms with Crippen LogP contribution in [0.2, 0.25) is 0 Å². The topological polar surface area (TPSA) is 85.2 Å². The molecule has 0 saturated heterocycles. The van der Waals surface area contributed by atoms with E-state index in [1.54, 1.807) is 0 Å². The minimum absolute atomic E-state index is 0.128. The Balaban J connectivity index is 1.74. The van der Waals surface area contributed by atoms with Crippen molar-refractivity contribution in [1.29, 1.82) is 0 Å². The Morgan fingerprint density at radius 1 is 1.23 bits per heavy atom. The molecule has 0 fully saturated rings. The number of methoxy groups -OCH3 is 1. The smallest absolute Gasteiger partial charge is 0.249 e. The highest BCUT2D eigenvalue weighted by molar-refractivity contribution is 6.03. The van der Waals surface area contributed by atoms with Gasteiger partial charge < -0.3 is 15.4 Å². The van der Waals surface area contributed by atoms with Gasteiger partial charge in [0, 0.05) is 30.5 Å². The van der Waals surface area contributed by atoms with Crippen LogP contribution in [0.25, 0.3) is 11.1 Å². The highest BCUT2D eigenvalue weighted by Gasteiger charge is 2.35. The summed E-state index contributed by atoms with van der Waals surface area (Å²) >= 11 is 0. The van der Waals surface area contributed by atoms with Crippen molar-refractivity contribution in [2.75, 3.05) is 17.7 Å². The number of fused-ring (bicyclic) bond motifs is 1. The number of benzene rings is 2. The Kier molecular flexibility index (Phi) is 5.47. The minimum atomic E-state index is -1.64. The zero-order chi connectivity index (χ0) is 22.1. The lowest BCUT2D eigenvalue weighted by atomic mass is 10.0. The van der Waals surface area contributed by atoms with Gasteiger partial charge in [0.1, 0.15) is 11.9 Å². The molecule has 7 nitrogen and oxygen atoms in total. The third kappa shape index (κ3) is 3.89. The van der Waals surface area contributed by atoms with Crippen LogP contribution in [-0.2, 0) is 20.9 Å². The van der Waals surface area contributed by atoms with Gasteiger partial charge in [0.25, 0.3) is 0 Å². The molecule has 0 radical (unpaired) electrons. The number of ether oxygens (including phenoxy) is 1. The van der Waals surface area contributed by atoms with Gasteiger partial charge in [-0.3, -0.25) is 9.59 Å². The van der Waals surface area contributed by atoms with E-state index in [0.717, 1.165) is 5.56 Å². The number of hydrogen-bond donors (Lipinski definition) is 2. The van der Waals surface area contributed by atoms with Crippen molar-refractivity contribution in [3.63, 3.8) is 0 Å². The molecule has 0 spiro atoms. The van der Waals surface area contributed by atoms with Crippen molar-refractivity contribution in [3.05, 3.63) is 65.6 Å². The fourth-order valence-corrected chi connectivity index (χ4v) is 3.47. The zero-order valence-corrected chi connectivity index (χ0v) is 16.3. The van der Waals surface area contributed by atoms with E-state index in [-0.39, 0.29) is 18.7 Å². The van der Waals surface area contributed by atoms with Crippen molar-refractivity contribution in [1.82, 2.24) is 9.78 Å². The fourth-order valence-electron chi connectivity index (χ4n) is 3.47. The Morgan fingerprint density at radius 2 is 1.90 bits per heavy atom. The molecule has 4 rings (SSSR count). The van der Waals surface area contributed by atoms with Gasteiger partial charge in [-0.05, 0) is 5.56 Å². The molecule has 1 aliphatic heterocycles. The zero-order valence-electron chi connectivity index (χ0n) is 16.3. The molecule has 1 unspecified atom stereocenters. The second kappa shape index (κ2) is 8.23. The van der Waals surface area contributed by atoms with Crippen LogP contribution in [0.15, 0.2) is 42.5 Å². The quantitative estimate of drug-likeness (QED) is 0.606. The summed E-state index contributed by atoms with van der Waals surface area (Å²) < 4.78 is 46.8. The van der Waals surface area contributed by atoms with Crippen molar-refractivity contribution in [2.24, 2.45) is 0 Å². The van der Waals surface area contributed by atoms with Crippen LogP contribution in [0.1, 0.15) is 18.2 Å². The average molecular weight is 430 g/mol. The molecule has 2 heterocycles. The molecule has 1 atom stereocenters. The third-order valence-corrected chi connectivity index (χ3v) is 4.81. The van der Waals surface area contributed by atoms with E-state index in [0.29, 0.717) is 29.2 Å². The molecular weight excluding hydrogens is 413 g/mol. The number of anilines is 2. The minimum Gasteiger partial charge on any atom is -0.378 e. The lowest BCUT2D eigenvalue weighted by Crippen LogP contribution is -2.36. The average Bonchev–Trinajstić information content (AvgIpc) is 3.09. The second-order valence-corrected chi connectivity index (χ2v) is 6.93. The van der Waals surface area contributed by atoms with Gasteiger partial charge in [0.15, 0.2) is 17.5 Å². The molecule has 2 aromatic carbocycles. The molecule has 0 aliphatic carbocycles. The first-order valence-electron chi connectivity index (χ1n) is 9.30. The molecule has 1 aromatic heterocycles. The summed E-state index contributed by atoms with van der Waals surface area (Å²) in [4.78, 5) is 25.2. The van der Waals surface area contributed by atoms with Crippen LogP contribution in [0, 0.1) is 17.5 Å². The number of rotatable bonds is 5. The number of halogens is 3. The van der Waals surface area contributed by atoms with E-state index in [4.69, 9.17) is 4.74 Å². The van der Waals surface area contributed by atoms with Gasteiger partial charge in [-0.1, -0.05) is 30.3 Å². The number of nitrogens with zero attached hydrogens (tertiary/aromatic N) is 2. The Morgan fingerprint density at radius 3 is 2.55 bits per heavy atom. The summed E-state index contributed by atoms with van der Waals surface area (Å²) in [5, 5.41) is 9.51. The predicted molar refractivity (Wildman–Crippen MR) is 106 cm³/mol. The van der Waals surface area contributed by atoms with Crippen molar-refractivity contribution < 1.29 is 27.5 Å². The van der Waals surface area contributed by atoms with Crippen LogP contribution in [-0.4, -0.2) is 28.7 Å². The van der Waals surface area contributed by atoms with Gasteiger partial charge in [-0.25, -0.2) is 17.9 Å². The predicted octanol–water partition coefficient (Wildman–Crippen LogP) is 3.64. The van der Waals surface area contributed by atoms with Gasteiger partial charge >= 0.3 is 0 Å². The van der Waals surface area contributed by atoms with Crippen molar-refractivity contribution >= 4 is 23.3 Å². The van der Waals surface area contributed by atoms with Crippen LogP contribution >= 0.6 is 0 Å². The lowest BCUT2D eigenvalue weighted by molar-refractivity contribution is -0.125. The summed E-state index contributed by atoms with van der Waals surface area (Å²) in [5.41, 5.74) is 1.59. The van der Waals surface area contributed by atoms with E-state index in [1.165, 1.54) is 11.8 Å². The number of carbonyl (C=O) groups is 2. The third-order valence-electron chi connectivity index (χ3n) is 4.81. The van der Waals surface area contributed by atoms with E-state index in [9.17, 15) is 22.8 Å². The molecular formula is C21H17F3N4O3. The SMILES string of the molecule is COCc1nn2c(c1-c1ccccc1)NC(=O)CC2C(=O)Nc1cc(F)c(F)c(F)c1. The molecule has 2 N–H and O–H groups in total. The Bertz CT molecular complexity index is 1140. The Hall–Kier alpha value is -3.66. The number of hydrogen-bond acceptors (Lipinski definition) is 4. The second-order valence-electron chi connectivity index (χ2n) is 6.93. The maximum Gasteiger partial charge on any atom is 0.249 e. The Labute approximate surface area is 174 Å². The normalized spacial score (nSPS) is 15.4. The number of amides is 2. The van der Waals surface area contributed by atoms with Gasteiger partial charge in [0.2, 0.25) is 11.8 Å². The summed E-state index contributed by atoms with van der Waals surface area (Å²) in [5.74, 6) is -5.36. The highest BCUT2D eigenvalue weighted by atomic mass is 19.2. The van der Waals surface area contributed by atoms with E-state index in [2.05, 4.69) is 15.7 Å². The molecule has 2 amide bonds. The van der Waals surface area contributed by atoms with Crippen LogP contribution < -0.4 is 10.6 Å². The van der Waals surface area contributed by atoms with E-state index in [1.807, 2.05) is 30.3 Å². The van der Waals surface area contributed by atoms with Crippen LogP contribution in [0.3, 0.4) is 0 Å². The van der Waals surface area contributed by atoms with Crippen molar-refractivity contribution in [2.45, 2.75) is 19.1 Å².